The van der Waals surface area contributed by atoms with E-state index in [1.165, 1.54) is 10.2 Å². The van der Waals surface area contributed by atoms with E-state index in [0.29, 0.717) is 30.8 Å². The van der Waals surface area contributed by atoms with E-state index in [0.717, 1.165) is 57.2 Å². The SMILES string of the molecule is CCC(=O)N[C@H](Cc1ccc(NC(=O)[C@@H](NC(=O)c2ccnn2C)C2CCCCC2)cc1)C(O)N1CCN(C)C[C@@H]1Cc1ccccc1. The van der Waals surface area contributed by atoms with Crippen LogP contribution in [0.5, 0.6) is 0 Å². The van der Waals surface area contributed by atoms with E-state index in [-0.39, 0.29) is 29.7 Å². The van der Waals surface area contributed by atoms with Gasteiger partial charge < -0.3 is 26.0 Å². The van der Waals surface area contributed by atoms with E-state index in [9.17, 15) is 19.5 Å². The van der Waals surface area contributed by atoms with Crippen LogP contribution in [-0.4, -0.2) is 93.4 Å². The number of rotatable bonds is 13. The molecule has 0 bridgehead atoms. The zero-order chi connectivity index (χ0) is 34.0. The van der Waals surface area contributed by atoms with E-state index in [2.05, 4.69) is 50.0 Å². The molecule has 11 nitrogen and oxygen atoms in total. The van der Waals surface area contributed by atoms with Gasteiger partial charge in [0, 0.05) is 51.0 Å². The number of piperazine rings is 1. The predicted octanol–water partition coefficient (Wildman–Crippen LogP) is 3.35. The molecule has 48 heavy (non-hydrogen) atoms. The zero-order valence-corrected chi connectivity index (χ0v) is 28.5. The first kappa shape index (κ1) is 35.3. The first-order valence-corrected chi connectivity index (χ1v) is 17.4. The highest BCUT2D eigenvalue weighted by atomic mass is 16.3. The van der Waals surface area contributed by atoms with Crippen LogP contribution in [0, 0.1) is 5.92 Å². The van der Waals surface area contributed by atoms with Crippen molar-refractivity contribution in [3.63, 3.8) is 0 Å². The van der Waals surface area contributed by atoms with Gasteiger partial charge in [-0.1, -0.05) is 68.7 Å². The molecule has 2 heterocycles. The summed E-state index contributed by atoms with van der Waals surface area (Å²) >= 11 is 0. The number of nitrogens with zero attached hydrogens (tertiary/aromatic N) is 4. The van der Waals surface area contributed by atoms with Gasteiger partial charge in [0.25, 0.3) is 5.91 Å². The number of carbonyl (C=O) groups is 3. The molecular formula is C37H51N7O4. The Morgan fingerprint density at radius 3 is 2.31 bits per heavy atom. The summed E-state index contributed by atoms with van der Waals surface area (Å²) in [5.74, 6) is -0.618. The molecule has 1 aromatic heterocycles. The molecule has 2 fully saturated rings. The largest absolute Gasteiger partial charge is 0.376 e. The van der Waals surface area contributed by atoms with Gasteiger partial charge in [-0.05, 0) is 68.0 Å². The number of hydrogen-bond acceptors (Lipinski definition) is 7. The monoisotopic (exact) mass is 657 g/mol. The summed E-state index contributed by atoms with van der Waals surface area (Å²) in [4.78, 5) is 43.8. The molecule has 2 aromatic carbocycles. The number of benzene rings is 2. The number of likely N-dealkylation sites (N-methyl/N-ethyl adjacent to an activating group) is 1. The van der Waals surface area contributed by atoms with Crippen LogP contribution >= 0.6 is 0 Å². The van der Waals surface area contributed by atoms with Crippen molar-refractivity contribution in [2.24, 2.45) is 13.0 Å². The molecule has 3 amide bonds. The average molecular weight is 658 g/mol. The maximum Gasteiger partial charge on any atom is 0.270 e. The Morgan fingerprint density at radius 2 is 1.65 bits per heavy atom. The maximum absolute atomic E-state index is 13.6. The second-order valence-corrected chi connectivity index (χ2v) is 13.4. The summed E-state index contributed by atoms with van der Waals surface area (Å²) in [6, 6.07) is 18.4. The molecule has 1 saturated carbocycles. The highest BCUT2D eigenvalue weighted by Gasteiger charge is 2.35. The number of nitrogens with one attached hydrogen (secondary N) is 3. The number of anilines is 1. The van der Waals surface area contributed by atoms with Gasteiger partial charge in [0.05, 0.1) is 6.04 Å². The van der Waals surface area contributed by atoms with Crippen molar-refractivity contribution in [1.29, 1.82) is 0 Å². The number of amides is 3. The summed E-state index contributed by atoms with van der Waals surface area (Å²) in [5, 5.41) is 25.0. The highest BCUT2D eigenvalue weighted by Crippen LogP contribution is 2.28. The smallest absolute Gasteiger partial charge is 0.270 e. The molecule has 1 aliphatic carbocycles. The lowest BCUT2D eigenvalue weighted by Crippen LogP contribution is -2.62. The molecule has 1 saturated heterocycles. The minimum absolute atomic E-state index is 0.0555. The van der Waals surface area contributed by atoms with Gasteiger partial charge in [0.15, 0.2) is 0 Å². The number of carbonyl (C=O) groups excluding carboxylic acids is 3. The standard InChI is InChI=1S/C37H51N7O4/c1-4-33(45)40-31(37(48)44-22-21-42(2)25-30(44)23-26-11-7-5-8-12-26)24-27-15-17-29(18-16-27)39-36(47)34(28-13-9-6-10-14-28)41-35(46)32-19-20-38-43(32)3/h5,7-8,11-12,15-20,28,30-31,34,37,48H,4,6,9-10,13-14,21-25H2,1-3H3,(H,39,47)(H,40,45)(H,41,46)/t30-,31+,34-,37?/m0/s1. The summed E-state index contributed by atoms with van der Waals surface area (Å²) in [6.45, 7) is 4.15. The fourth-order valence-electron chi connectivity index (χ4n) is 7.09. The molecule has 0 spiro atoms. The topological polar surface area (TPSA) is 132 Å². The molecule has 4 N–H and O–H groups in total. The maximum atomic E-state index is 13.6. The molecule has 5 rings (SSSR count). The summed E-state index contributed by atoms with van der Waals surface area (Å²) in [6.07, 6.45) is 7.22. The quantitative estimate of drug-likeness (QED) is 0.222. The van der Waals surface area contributed by atoms with Crippen LogP contribution in [0.1, 0.15) is 67.1 Å². The minimum atomic E-state index is -0.874. The molecule has 0 radical (unpaired) electrons. The minimum Gasteiger partial charge on any atom is -0.376 e. The van der Waals surface area contributed by atoms with Gasteiger partial charge >= 0.3 is 0 Å². The molecule has 258 valence electrons. The van der Waals surface area contributed by atoms with E-state index < -0.39 is 18.3 Å². The summed E-state index contributed by atoms with van der Waals surface area (Å²) < 4.78 is 1.50. The van der Waals surface area contributed by atoms with Gasteiger partial charge in [-0.25, -0.2) is 0 Å². The van der Waals surface area contributed by atoms with Gasteiger partial charge in [0.2, 0.25) is 11.8 Å². The number of aliphatic hydroxyl groups excluding tert-OH is 1. The van der Waals surface area contributed by atoms with Crippen molar-refractivity contribution in [1.82, 2.24) is 30.2 Å². The summed E-state index contributed by atoms with van der Waals surface area (Å²) in [5.41, 5.74) is 3.17. The molecule has 1 unspecified atom stereocenters. The Kier molecular flexibility index (Phi) is 12.4. The Labute approximate surface area is 284 Å². The van der Waals surface area contributed by atoms with E-state index in [1.807, 2.05) is 49.4 Å². The summed E-state index contributed by atoms with van der Waals surface area (Å²) in [7, 11) is 3.81. The van der Waals surface area contributed by atoms with Crippen LogP contribution in [-0.2, 0) is 29.5 Å². The Balaban J connectivity index is 1.27. The van der Waals surface area contributed by atoms with Crippen LogP contribution in [0.25, 0.3) is 0 Å². The van der Waals surface area contributed by atoms with E-state index in [1.54, 1.807) is 19.3 Å². The van der Waals surface area contributed by atoms with Gasteiger partial charge in [0.1, 0.15) is 18.0 Å². The highest BCUT2D eigenvalue weighted by molar-refractivity contribution is 6.00. The van der Waals surface area contributed by atoms with Crippen LogP contribution in [0.15, 0.2) is 66.9 Å². The fraction of sp³-hybridized carbons (Fsp3) is 0.514. The van der Waals surface area contributed by atoms with Crippen molar-refractivity contribution < 1.29 is 19.5 Å². The molecule has 4 atom stereocenters. The first-order valence-electron chi connectivity index (χ1n) is 17.4. The Bertz CT molecular complexity index is 1490. The first-order chi connectivity index (χ1) is 23.2. The Morgan fingerprint density at radius 1 is 0.917 bits per heavy atom. The molecular weight excluding hydrogens is 606 g/mol. The number of aryl methyl sites for hydroxylation is 1. The van der Waals surface area contributed by atoms with Crippen molar-refractivity contribution in [2.75, 3.05) is 32.0 Å². The fourth-order valence-corrected chi connectivity index (χ4v) is 7.09. The van der Waals surface area contributed by atoms with Crippen molar-refractivity contribution in [3.8, 4) is 0 Å². The second-order valence-electron chi connectivity index (χ2n) is 13.4. The van der Waals surface area contributed by atoms with Gasteiger partial charge in [-0.15, -0.1) is 0 Å². The van der Waals surface area contributed by atoms with Gasteiger partial charge in [-0.2, -0.15) is 5.10 Å². The molecule has 2 aliphatic rings. The lowest BCUT2D eigenvalue weighted by molar-refractivity contribution is -0.125. The average Bonchev–Trinajstić information content (AvgIpc) is 3.54. The van der Waals surface area contributed by atoms with Crippen LogP contribution in [0.2, 0.25) is 0 Å². The van der Waals surface area contributed by atoms with Crippen LogP contribution in [0.3, 0.4) is 0 Å². The van der Waals surface area contributed by atoms with Crippen molar-refractivity contribution in [3.05, 3.63) is 83.7 Å². The predicted molar refractivity (Wildman–Crippen MR) is 186 cm³/mol. The molecule has 11 heteroatoms. The normalized spacial score (nSPS) is 19.6. The van der Waals surface area contributed by atoms with Crippen LogP contribution < -0.4 is 16.0 Å². The third kappa shape index (κ3) is 9.30. The third-order valence-electron chi connectivity index (χ3n) is 9.83. The number of hydrogen-bond donors (Lipinski definition) is 4. The van der Waals surface area contributed by atoms with E-state index >= 15 is 0 Å². The van der Waals surface area contributed by atoms with Crippen LogP contribution in [0.4, 0.5) is 5.69 Å². The Hall–Kier alpha value is -4.06. The number of aromatic nitrogens is 2. The van der Waals surface area contributed by atoms with Crippen molar-refractivity contribution in [2.45, 2.75) is 82.6 Å². The number of aliphatic hydroxyl groups is 1. The lowest BCUT2D eigenvalue weighted by Gasteiger charge is -2.44. The van der Waals surface area contributed by atoms with E-state index in [4.69, 9.17) is 0 Å². The zero-order valence-electron chi connectivity index (χ0n) is 28.5. The lowest BCUT2D eigenvalue weighted by atomic mass is 9.83. The van der Waals surface area contributed by atoms with Gasteiger partial charge in [-0.3, -0.25) is 24.0 Å². The molecule has 3 aromatic rings. The molecule has 1 aliphatic heterocycles. The van der Waals surface area contributed by atoms with Crippen molar-refractivity contribution >= 4 is 23.4 Å². The third-order valence-corrected chi connectivity index (χ3v) is 9.83. The second kappa shape index (κ2) is 16.9.